The third-order valence-corrected chi connectivity index (χ3v) is 5.73. The van der Waals surface area contributed by atoms with Gasteiger partial charge in [-0.15, -0.1) is 0 Å². The first-order valence-corrected chi connectivity index (χ1v) is 10.8. The van der Waals surface area contributed by atoms with Crippen molar-refractivity contribution in [2.24, 2.45) is 0 Å². The Balaban J connectivity index is 1.23. The molecule has 1 atom stereocenters. The van der Waals surface area contributed by atoms with Gasteiger partial charge in [-0.1, -0.05) is 18.2 Å². The largest absolute Gasteiger partial charge is 0.496 e. The number of aromatic nitrogens is 1. The molecule has 6 heteroatoms. The summed E-state index contributed by atoms with van der Waals surface area (Å²) in [6.07, 6.45) is 6.26. The zero-order chi connectivity index (χ0) is 22.3. The fraction of sp³-hybridized carbons (Fsp3) is 0.308. The molecule has 0 spiro atoms. The monoisotopic (exact) mass is 433 g/mol. The highest BCUT2D eigenvalue weighted by Crippen LogP contribution is 2.37. The number of rotatable bonds is 10. The highest BCUT2D eigenvalue weighted by molar-refractivity contribution is 5.70. The molecule has 0 fully saturated rings. The number of fused-ring (bicyclic) bond motifs is 1. The molecule has 0 saturated heterocycles. The van der Waals surface area contributed by atoms with Crippen molar-refractivity contribution in [2.45, 2.75) is 31.6 Å². The van der Waals surface area contributed by atoms with Gasteiger partial charge < -0.3 is 19.3 Å². The Bertz CT molecular complexity index is 1060. The number of methoxy groups -OCH3 is 1. The summed E-state index contributed by atoms with van der Waals surface area (Å²) in [5.41, 5.74) is 4.32. The van der Waals surface area contributed by atoms with Crippen molar-refractivity contribution in [2.75, 3.05) is 20.3 Å². The van der Waals surface area contributed by atoms with Crippen LogP contribution in [0, 0.1) is 0 Å². The molecule has 32 heavy (non-hydrogen) atoms. The molecule has 1 N–H and O–H groups in total. The van der Waals surface area contributed by atoms with E-state index in [0.29, 0.717) is 13.2 Å². The van der Waals surface area contributed by atoms with Crippen LogP contribution in [0.3, 0.4) is 0 Å². The third kappa shape index (κ3) is 5.19. The Morgan fingerprint density at radius 1 is 1.06 bits per heavy atom. The highest BCUT2D eigenvalue weighted by atomic mass is 16.5. The molecule has 166 valence electrons. The maximum atomic E-state index is 11.0. The summed E-state index contributed by atoms with van der Waals surface area (Å²) < 4.78 is 17.1. The van der Waals surface area contributed by atoms with Gasteiger partial charge in [-0.3, -0.25) is 9.78 Å². The van der Waals surface area contributed by atoms with E-state index in [9.17, 15) is 4.79 Å². The van der Waals surface area contributed by atoms with E-state index in [-0.39, 0.29) is 12.3 Å². The maximum absolute atomic E-state index is 11.0. The number of aliphatic carboxylic acids is 1. The van der Waals surface area contributed by atoms with Crippen LogP contribution in [0.1, 0.15) is 36.3 Å². The van der Waals surface area contributed by atoms with Crippen LogP contribution in [0.2, 0.25) is 0 Å². The van der Waals surface area contributed by atoms with Gasteiger partial charge in [0.2, 0.25) is 0 Å². The molecule has 1 heterocycles. The summed E-state index contributed by atoms with van der Waals surface area (Å²) in [6, 6.07) is 15.7. The molecule has 0 unspecified atom stereocenters. The molecule has 2 aromatic carbocycles. The van der Waals surface area contributed by atoms with E-state index >= 15 is 0 Å². The highest BCUT2D eigenvalue weighted by Gasteiger charge is 2.24. The lowest BCUT2D eigenvalue weighted by Gasteiger charge is -2.12. The van der Waals surface area contributed by atoms with Gasteiger partial charge >= 0.3 is 5.97 Å². The van der Waals surface area contributed by atoms with Crippen LogP contribution in [0.15, 0.2) is 60.9 Å². The second-order valence-electron chi connectivity index (χ2n) is 7.84. The van der Waals surface area contributed by atoms with E-state index in [4.69, 9.17) is 19.3 Å². The van der Waals surface area contributed by atoms with E-state index in [1.807, 2.05) is 48.5 Å². The van der Waals surface area contributed by atoms with Gasteiger partial charge in [0.25, 0.3) is 0 Å². The lowest BCUT2D eigenvalue weighted by Crippen LogP contribution is -2.05. The van der Waals surface area contributed by atoms with Crippen molar-refractivity contribution in [3.05, 3.63) is 72.1 Å². The number of nitrogens with zero attached hydrogens (tertiary/aromatic N) is 1. The van der Waals surface area contributed by atoms with E-state index < -0.39 is 5.97 Å². The Morgan fingerprint density at radius 3 is 2.56 bits per heavy atom. The molecule has 0 bridgehead atoms. The number of pyridine rings is 1. The number of hydrogen-bond donors (Lipinski definition) is 1. The summed E-state index contributed by atoms with van der Waals surface area (Å²) in [6.45, 7) is 1.11. The number of hydrogen-bond acceptors (Lipinski definition) is 5. The minimum atomic E-state index is -0.741. The molecule has 1 aromatic heterocycles. The van der Waals surface area contributed by atoms with E-state index in [0.717, 1.165) is 53.2 Å². The topological polar surface area (TPSA) is 77.9 Å². The SMILES string of the molecule is COc1ccncc1-c1ccc(OCCCOc2ccc3c(c2)CC[C@H]3CC(=O)O)cc1. The molecule has 3 aromatic rings. The second kappa shape index (κ2) is 10.2. The minimum absolute atomic E-state index is 0.121. The number of aryl methyl sites for hydroxylation is 1. The average Bonchev–Trinajstić information content (AvgIpc) is 3.20. The van der Waals surface area contributed by atoms with Crippen molar-refractivity contribution >= 4 is 5.97 Å². The molecule has 0 amide bonds. The quantitative estimate of drug-likeness (QED) is 0.448. The van der Waals surface area contributed by atoms with E-state index in [1.165, 1.54) is 5.56 Å². The Labute approximate surface area is 187 Å². The molecule has 0 saturated carbocycles. The lowest BCUT2D eigenvalue weighted by atomic mass is 9.98. The van der Waals surface area contributed by atoms with Crippen molar-refractivity contribution in [1.82, 2.24) is 4.98 Å². The molecular formula is C26H27NO5. The fourth-order valence-corrected chi connectivity index (χ4v) is 4.14. The summed E-state index contributed by atoms with van der Waals surface area (Å²) in [7, 11) is 1.65. The van der Waals surface area contributed by atoms with Crippen LogP contribution in [-0.4, -0.2) is 36.4 Å². The molecule has 1 aliphatic carbocycles. The summed E-state index contributed by atoms with van der Waals surface area (Å²) >= 11 is 0. The van der Waals surface area contributed by atoms with Crippen LogP contribution >= 0.6 is 0 Å². The fourth-order valence-electron chi connectivity index (χ4n) is 4.14. The van der Waals surface area contributed by atoms with Crippen molar-refractivity contribution in [3.8, 4) is 28.4 Å². The zero-order valence-corrected chi connectivity index (χ0v) is 18.1. The molecule has 0 radical (unpaired) electrons. The van der Waals surface area contributed by atoms with Gasteiger partial charge in [-0.2, -0.15) is 0 Å². The Morgan fingerprint density at radius 2 is 1.81 bits per heavy atom. The minimum Gasteiger partial charge on any atom is -0.496 e. The van der Waals surface area contributed by atoms with Gasteiger partial charge in [0, 0.05) is 24.4 Å². The van der Waals surface area contributed by atoms with Crippen LogP contribution in [0.4, 0.5) is 0 Å². The number of carboxylic acids is 1. The predicted molar refractivity (Wildman–Crippen MR) is 122 cm³/mol. The number of carbonyl (C=O) groups is 1. The van der Waals surface area contributed by atoms with Crippen molar-refractivity contribution in [1.29, 1.82) is 0 Å². The van der Waals surface area contributed by atoms with E-state index in [2.05, 4.69) is 4.98 Å². The normalized spacial score (nSPS) is 14.6. The first kappa shape index (κ1) is 21.7. The molecule has 4 rings (SSSR count). The van der Waals surface area contributed by atoms with Crippen LogP contribution in [-0.2, 0) is 11.2 Å². The maximum Gasteiger partial charge on any atom is 0.303 e. The first-order chi connectivity index (χ1) is 15.6. The molecular weight excluding hydrogens is 406 g/mol. The predicted octanol–water partition coefficient (Wildman–Crippen LogP) is 5.11. The molecule has 6 nitrogen and oxygen atoms in total. The molecule has 0 aliphatic heterocycles. The van der Waals surface area contributed by atoms with Crippen molar-refractivity contribution < 1.29 is 24.1 Å². The van der Waals surface area contributed by atoms with Crippen LogP contribution in [0.25, 0.3) is 11.1 Å². The third-order valence-electron chi connectivity index (χ3n) is 5.73. The van der Waals surface area contributed by atoms with E-state index in [1.54, 1.807) is 19.5 Å². The molecule has 1 aliphatic rings. The lowest BCUT2D eigenvalue weighted by molar-refractivity contribution is -0.137. The van der Waals surface area contributed by atoms with Crippen LogP contribution < -0.4 is 14.2 Å². The summed E-state index contributed by atoms with van der Waals surface area (Å²) in [5, 5.41) is 9.05. The summed E-state index contributed by atoms with van der Waals surface area (Å²) in [5.74, 6) is 1.80. The van der Waals surface area contributed by atoms with Gasteiger partial charge in [-0.25, -0.2) is 0 Å². The van der Waals surface area contributed by atoms with Gasteiger partial charge in [0.1, 0.15) is 17.2 Å². The number of carboxylic acid groups (broad SMARTS) is 1. The van der Waals surface area contributed by atoms with Gasteiger partial charge in [-0.05, 0) is 65.8 Å². The average molecular weight is 434 g/mol. The van der Waals surface area contributed by atoms with Gasteiger partial charge in [0.15, 0.2) is 0 Å². The second-order valence-corrected chi connectivity index (χ2v) is 7.84. The standard InChI is InChI=1S/C26H27NO5/c1-30-25-11-12-27-17-24(25)18-5-7-21(8-6-18)31-13-2-14-32-22-9-10-23-19(15-22)3-4-20(23)16-26(28)29/h5-12,15,17,20H,2-4,13-14,16H2,1H3,(H,28,29)/t20-/m0/s1. The Kier molecular flexibility index (Phi) is 6.90. The number of benzene rings is 2. The van der Waals surface area contributed by atoms with Gasteiger partial charge in [0.05, 0.1) is 26.7 Å². The zero-order valence-electron chi connectivity index (χ0n) is 18.1. The first-order valence-electron chi connectivity index (χ1n) is 10.8. The summed E-state index contributed by atoms with van der Waals surface area (Å²) in [4.78, 5) is 15.2. The number of ether oxygens (including phenoxy) is 3. The Hall–Kier alpha value is -3.54. The van der Waals surface area contributed by atoms with Crippen LogP contribution in [0.5, 0.6) is 17.2 Å². The van der Waals surface area contributed by atoms with Crippen molar-refractivity contribution in [3.63, 3.8) is 0 Å². The smallest absolute Gasteiger partial charge is 0.303 e.